The molecule has 0 spiro atoms. The molecule has 1 aliphatic heterocycles. The van der Waals surface area contributed by atoms with Crippen molar-refractivity contribution in [2.45, 2.75) is 6.92 Å². The molecule has 0 unspecified atom stereocenters. The summed E-state index contributed by atoms with van der Waals surface area (Å²) in [6, 6.07) is 11.5. The lowest BCUT2D eigenvalue weighted by Gasteiger charge is -2.27. The normalized spacial score (nSPS) is 14.0. The largest absolute Gasteiger partial charge is 0.378 e. The summed E-state index contributed by atoms with van der Waals surface area (Å²) >= 11 is 0. The SMILES string of the molecule is Cc1cccc(-c2n[nH]cc2-c2ccc3nccc(NCC(=O)N4CCOCC4)c3n2)n1. The summed E-state index contributed by atoms with van der Waals surface area (Å²) in [5.74, 6) is 0.0389. The number of fused-ring (bicyclic) bond motifs is 1. The Morgan fingerprint density at radius 1 is 1.12 bits per heavy atom. The topological polar surface area (TPSA) is 109 Å². The number of aromatic nitrogens is 5. The van der Waals surface area contributed by atoms with Crippen molar-refractivity contribution < 1.29 is 9.53 Å². The first-order chi connectivity index (χ1) is 15.7. The van der Waals surface area contributed by atoms with Crippen molar-refractivity contribution in [3.63, 3.8) is 0 Å². The molecule has 162 valence electrons. The van der Waals surface area contributed by atoms with Gasteiger partial charge in [-0.1, -0.05) is 6.07 Å². The first-order valence-electron chi connectivity index (χ1n) is 10.5. The summed E-state index contributed by atoms with van der Waals surface area (Å²) in [7, 11) is 0. The molecule has 9 heteroatoms. The molecular weight excluding hydrogens is 406 g/mol. The Morgan fingerprint density at radius 3 is 2.84 bits per heavy atom. The third-order valence-electron chi connectivity index (χ3n) is 5.43. The molecule has 1 aliphatic rings. The molecule has 1 fully saturated rings. The van der Waals surface area contributed by atoms with Crippen molar-refractivity contribution in [3.05, 3.63) is 54.5 Å². The molecule has 0 aromatic carbocycles. The fraction of sp³-hybridized carbons (Fsp3) is 0.261. The maximum atomic E-state index is 12.5. The zero-order valence-electron chi connectivity index (χ0n) is 17.7. The van der Waals surface area contributed by atoms with Crippen LogP contribution in [0.1, 0.15) is 5.69 Å². The van der Waals surface area contributed by atoms with Crippen LogP contribution >= 0.6 is 0 Å². The second kappa shape index (κ2) is 8.72. The lowest BCUT2D eigenvalue weighted by molar-refractivity contribution is -0.133. The summed E-state index contributed by atoms with van der Waals surface area (Å²) in [5.41, 5.74) is 6.25. The Bertz CT molecular complexity index is 1260. The number of aromatic amines is 1. The lowest BCUT2D eigenvalue weighted by atomic mass is 10.1. The summed E-state index contributed by atoms with van der Waals surface area (Å²) in [6.07, 6.45) is 3.53. The van der Waals surface area contributed by atoms with E-state index in [0.717, 1.165) is 39.5 Å². The minimum atomic E-state index is 0.0389. The van der Waals surface area contributed by atoms with E-state index in [4.69, 9.17) is 9.72 Å². The number of morpholine rings is 1. The van der Waals surface area contributed by atoms with Gasteiger partial charge in [-0.15, -0.1) is 0 Å². The molecular formula is C23H23N7O2. The van der Waals surface area contributed by atoms with Crippen LogP contribution in [0.4, 0.5) is 5.69 Å². The van der Waals surface area contributed by atoms with Crippen LogP contribution in [0, 0.1) is 6.92 Å². The second-order valence-electron chi connectivity index (χ2n) is 7.58. The van der Waals surface area contributed by atoms with Crippen LogP contribution in [0.15, 0.2) is 48.8 Å². The highest BCUT2D eigenvalue weighted by Gasteiger charge is 2.18. The molecule has 5 rings (SSSR count). The molecule has 4 aromatic heterocycles. The zero-order valence-corrected chi connectivity index (χ0v) is 17.7. The molecule has 0 bridgehead atoms. The number of anilines is 1. The summed E-state index contributed by atoms with van der Waals surface area (Å²) in [6.45, 7) is 4.54. The van der Waals surface area contributed by atoms with Gasteiger partial charge in [-0.3, -0.25) is 19.9 Å². The molecule has 0 saturated carbocycles. The van der Waals surface area contributed by atoms with Gasteiger partial charge in [0.2, 0.25) is 5.91 Å². The number of ether oxygens (including phenoxy) is 1. The Kier molecular flexibility index (Phi) is 5.47. The molecule has 5 heterocycles. The minimum Gasteiger partial charge on any atom is -0.378 e. The van der Waals surface area contributed by atoms with Crippen LogP contribution in [0.25, 0.3) is 33.7 Å². The van der Waals surface area contributed by atoms with Gasteiger partial charge in [-0.05, 0) is 37.3 Å². The Morgan fingerprint density at radius 2 is 2.00 bits per heavy atom. The van der Waals surface area contributed by atoms with Crippen molar-refractivity contribution in [1.82, 2.24) is 30.0 Å². The van der Waals surface area contributed by atoms with Gasteiger partial charge in [0.25, 0.3) is 0 Å². The number of nitrogens with zero attached hydrogens (tertiary/aromatic N) is 5. The van der Waals surface area contributed by atoms with E-state index >= 15 is 0 Å². The maximum absolute atomic E-state index is 12.5. The Balaban J connectivity index is 1.45. The Labute approximate surface area is 184 Å². The summed E-state index contributed by atoms with van der Waals surface area (Å²) in [4.78, 5) is 28.2. The standard InChI is InChI=1S/C23H23N7O2/c1-15-3-2-4-20(27-15)22-16(13-26-29-22)17-5-6-18-23(28-17)19(7-8-24-18)25-14-21(31)30-9-11-32-12-10-30/h2-8,13H,9-12,14H2,1H3,(H,24,25)(H,26,29). The quantitative estimate of drug-likeness (QED) is 0.502. The van der Waals surface area contributed by atoms with Crippen molar-refractivity contribution in [3.8, 4) is 22.6 Å². The second-order valence-corrected chi connectivity index (χ2v) is 7.58. The molecule has 32 heavy (non-hydrogen) atoms. The van der Waals surface area contributed by atoms with Gasteiger partial charge >= 0.3 is 0 Å². The lowest BCUT2D eigenvalue weighted by Crippen LogP contribution is -2.43. The van der Waals surface area contributed by atoms with Gasteiger partial charge in [-0.25, -0.2) is 4.98 Å². The predicted octanol–water partition coefficient (Wildman–Crippen LogP) is 2.66. The number of rotatable bonds is 5. The highest BCUT2D eigenvalue weighted by atomic mass is 16.5. The van der Waals surface area contributed by atoms with E-state index in [0.29, 0.717) is 31.8 Å². The summed E-state index contributed by atoms with van der Waals surface area (Å²) in [5, 5.41) is 10.6. The average molecular weight is 429 g/mol. The van der Waals surface area contributed by atoms with E-state index in [9.17, 15) is 4.79 Å². The van der Waals surface area contributed by atoms with E-state index < -0.39 is 0 Å². The van der Waals surface area contributed by atoms with Crippen LogP contribution < -0.4 is 5.32 Å². The number of carbonyl (C=O) groups excluding carboxylic acids is 1. The van der Waals surface area contributed by atoms with Crippen molar-refractivity contribution >= 4 is 22.6 Å². The maximum Gasteiger partial charge on any atom is 0.242 e. The smallest absolute Gasteiger partial charge is 0.242 e. The molecule has 1 amide bonds. The molecule has 0 atom stereocenters. The number of hydrogen-bond donors (Lipinski definition) is 2. The number of amides is 1. The molecule has 4 aromatic rings. The Hall–Kier alpha value is -3.85. The number of H-pyrrole nitrogens is 1. The summed E-state index contributed by atoms with van der Waals surface area (Å²) < 4.78 is 5.32. The van der Waals surface area contributed by atoms with Gasteiger partial charge < -0.3 is 15.0 Å². The van der Waals surface area contributed by atoms with Crippen molar-refractivity contribution in [1.29, 1.82) is 0 Å². The number of pyridine rings is 3. The third-order valence-corrected chi connectivity index (χ3v) is 5.43. The minimum absolute atomic E-state index is 0.0389. The van der Waals surface area contributed by atoms with Gasteiger partial charge in [0.1, 0.15) is 11.2 Å². The number of nitrogens with one attached hydrogen (secondary N) is 2. The van der Waals surface area contributed by atoms with Gasteiger partial charge in [0.15, 0.2) is 0 Å². The molecule has 1 saturated heterocycles. The molecule has 0 radical (unpaired) electrons. The average Bonchev–Trinajstić information content (AvgIpc) is 3.33. The highest BCUT2D eigenvalue weighted by molar-refractivity contribution is 5.92. The predicted molar refractivity (Wildman–Crippen MR) is 121 cm³/mol. The van der Waals surface area contributed by atoms with E-state index in [2.05, 4.69) is 25.5 Å². The number of hydrogen-bond acceptors (Lipinski definition) is 7. The van der Waals surface area contributed by atoms with Crippen molar-refractivity contribution in [2.24, 2.45) is 0 Å². The number of aryl methyl sites for hydroxylation is 1. The van der Waals surface area contributed by atoms with Gasteiger partial charge in [0, 0.05) is 36.7 Å². The first-order valence-corrected chi connectivity index (χ1v) is 10.5. The number of carbonyl (C=O) groups is 1. The monoisotopic (exact) mass is 429 g/mol. The van der Waals surface area contributed by atoms with Crippen LogP contribution in [-0.2, 0) is 9.53 Å². The van der Waals surface area contributed by atoms with Crippen LogP contribution in [0.5, 0.6) is 0 Å². The van der Waals surface area contributed by atoms with Gasteiger partial charge in [-0.2, -0.15) is 5.10 Å². The fourth-order valence-corrected chi connectivity index (χ4v) is 3.77. The third kappa shape index (κ3) is 4.02. The van der Waals surface area contributed by atoms with Crippen molar-refractivity contribution in [2.75, 3.05) is 38.2 Å². The first kappa shape index (κ1) is 20.1. The van der Waals surface area contributed by atoms with Crippen LogP contribution in [-0.4, -0.2) is 68.8 Å². The molecule has 9 nitrogen and oxygen atoms in total. The van der Waals surface area contributed by atoms with E-state index in [1.54, 1.807) is 6.20 Å². The highest BCUT2D eigenvalue weighted by Crippen LogP contribution is 2.30. The van der Waals surface area contributed by atoms with E-state index in [1.165, 1.54) is 0 Å². The van der Waals surface area contributed by atoms with E-state index in [1.807, 2.05) is 54.4 Å². The zero-order chi connectivity index (χ0) is 21.9. The van der Waals surface area contributed by atoms with Crippen LogP contribution in [0.2, 0.25) is 0 Å². The fourth-order valence-electron chi connectivity index (χ4n) is 3.77. The molecule has 2 N–H and O–H groups in total. The molecule has 0 aliphatic carbocycles. The van der Waals surface area contributed by atoms with Gasteiger partial charge in [0.05, 0.1) is 42.4 Å². The van der Waals surface area contributed by atoms with E-state index in [-0.39, 0.29) is 12.5 Å². The van der Waals surface area contributed by atoms with Crippen LogP contribution in [0.3, 0.4) is 0 Å².